The van der Waals surface area contributed by atoms with Crippen LogP contribution in [0.3, 0.4) is 0 Å². The number of aryl methyl sites for hydroxylation is 3. The van der Waals surface area contributed by atoms with Gasteiger partial charge in [-0.05, 0) is 91.7 Å². The lowest BCUT2D eigenvalue weighted by atomic mass is 9.55. The number of nitrogens with zero attached hydrogens (tertiary/aromatic N) is 2. The largest absolute Gasteiger partial charge is 0.497 e. The van der Waals surface area contributed by atoms with Crippen molar-refractivity contribution in [2.45, 2.75) is 51.9 Å². The summed E-state index contributed by atoms with van der Waals surface area (Å²) in [6, 6.07) is 6.60. The zero-order valence-electron chi connectivity index (χ0n) is 17.9. The molecule has 1 aromatic carbocycles. The second kappa shape index (κ2) is 6.58. The molecule has 2 aromatic rings. The van der Waals surface area contributed by atoms with Gasteiger partial charge in [0.05, 0.1) is 12.8 Å². The van der Waals surface area contributed by atoms with E-state index in [0.29, 0.717) is 23.5 Å². The fourth-order valence-corrected chi connectivity index (χ4v) is 6.43. The Labute approximate surface area is 173 Å². The van der Waals surface area contributed by atoms with Crippen LogP contribution in [0.5, 0.6) is 5.75 Å². The van der Waals surface area contributed by atoms with Crippen LogP contribution in [0.15, 0.2) is 30.0 Å². The highest BCUT2D eigenvalue weighted by Crippen LogP contribution is 2.60. The summed E-state index contributed by atoms with van der Waals surface area (Å²) in [5, 5.41) is 4.44. The minimum absolute atomic E-state index is 0.201. The van der Waals surface area contributed by atoms with E-state index in [1.165, 1.54) is 17.5 Å². The Balaban J connectivity index is 1.48. The van der Waals surface area contributed by atoms with E-state index in [0.717, 1.165) is 48.3 Å². The van der Waals surface area contributed by atoms with E-state index < -0.39 is 0 Å². The maximum Gasteiger partial charge on any atom is 0.165 e. The first-order chi connectivity index (χ1) is 13.9. The number of rotatable bonds is 2. The smallest absolute Gasteiger partial charge is 0.165 e. The number of benzene rings is 1. The Bertz CT molecular complexity index is 1020. The minimum atomic E-state index is -0.201. The number of Topliss-reactive ketones (excluding diaryl/α,β-unsaturated/α-hetero) is 1. The molecule has 0 amide bonds. The summed E-state index contributed by atoms with van der Waals surface area (Å²) in [6.45, 7) is 4.25. The quantitative estimate of drug-likeness (QED) is 0.688. The number of allylic oxidation sites excluding steroid dienone is 1. The van der Waals surface area contributed by atoms with Gasteiger partial charge < -0.3 is 4.74 Å². The van der Waals surface area contributed by atoms with E-state index >= 15 is 0 Å². The molecule has 4 atom stereocenters. The fourth-order valence-electron chi connectivity index (χ4n) is 6.43. The van der Waals surface area contributed by atoms with Gasteiger partial charge >= 0.3 is 0 Å². The lowest BCUT2D eigenvalue weighted by molar-refractivity contribution is -0.127. The van der Waals surface area contributed by atoms with Crippen molar-refractivity contribution in [3.8, 4) is 5.75 Å². The van der Waals surface area contributed by atoms with Crippen molar-refractivity contribution in [2.75, 3.05) is 7.11 Å². The molecule has 0 N–H and O–H groups in total. The number of methoxy groups -OCH3 is 1. The average molecular weight is 391 g/mol. The molecule has 0 spiro atoms. The standard InChI is InChI=1S/C25H30N2O2/c1-15-18(14-27(3)26-15)11-17-13-23-22-7-5-16-12-19(29-4)6-8-20(16)21(22)9-10-25(23,2)24(17)28/h6,8,11-12,14,21-23H,5,7,9-10,13H2,1-4H3/b17-11+/t21-,22+,23+,25-/m0/s1. The Morgan fingerprint density at radius 3 is 2.86 bits per heavy atom. The maximum atomic E-state index is 13.5. The maximum absolute atomic E-state index is 13.5. The molecule has 2 fully saturated rings. The Morgan fingerprint density at radius 2 is 2.14 bits per heavy atom. The third-order valence-electron chi connectivity index (χ3n) is 7.95. The highest BCUT2D eigenvalue weighted by Gasteiger charge is 2.56. The molecule has 3 aliphatic rings. The first-order valence-electron chi connectivity index (χ1n) is 10.8. The SMILES string of the molecule is COc1ccc2c(c1)CC[C@H]1[C@H]3C/C(=C\c4cn(C)nc4C)C(=O)[C@@]3(C)CC[C@@H]21. The van der Waals surface area contributed by atoms with Crippen molar-refractivity contribution in [2.24, 2.45) is 24.3 Å². The van der Waals surface area contributed by atoms with E-state index in [9.17, 15) is 4.79 Å². The summed E-state index contributed by atoms with van der Waals surface area (Å²) in [4.78, 5) is 13.5. The second-order valence-electron chi connectivity index (χ2n) is 9.48. The van der Waals surface area contributed by atoms with E-state index in [1.807, 2.05) is 24.9 Å². The molecular formula is C25H30N2O2. The number of fused-ring (bicyclic) bond motifs is 5. The van der Waals surface area contributed by atoms with Crippen LogP contribution in [0.25, 0.3) is 6.08 Å². The second-order valence-corrected chi connectivity index (χ2v) is 9.48. The summed E-state index contributed by atoms with van der Waals surface area (Å²) in [5.41, 5.74) is 5.82. The topological polar surface area (TPSA) is 44.1 Å². The van der Waals surface area contributed by atoms with Crippen molar-refractivity contribution in [3.63, 3.8) is 0 Å². The van der Waals surface area contributed by atoms with Crippen LogP contribution in [0.4, 0.5) is 0 Å². The van der Waals surface area contributed by atoms with Gasteiger partial charge in [0.1, 0.15) is 5.75 Å². The monoisotopic (exact) mass is 390 g/mol. The van der Waals surface area contributed by atoms with Gasteiger partial charge in [0.15, 0.2) is 5.78 Å². The molecule has 1 heterocycles. The summed E-state index contributed by atoms with van der Waals surface area (Å²) >= 11 is 0. The van der Waals surface area contributed by atoms with Gasteiger partial charge in [-0.3, -0.25) is 9.48 Å². The number of hydrogen-bond donors (Lipinski definition) is 0. The van der Waals surface area contributed by atoms with Crippen LogP contribution in [0, 0.1) is 24.2 Å². The van der Waals surface area contributed by atoms with Crippen LogP contribution in [-0.4, -0.2) is 22.7 Å². The van der Waals surface area contributed by atoms with Crippen LogP contribution in [-0.2, 0) is 18.3 Å². The summed E-state index contributed by atoms with van der Waals surface area (Å²) in [6.07, 6.45) is 9.43. The van der Waals surface area contributed by atoms with Crippen molar-refractivity contribution in [1.82, 2.24) is 9.78 Å². The van der Waals surface area contributed by atoms with E-state index in [2.05, 4.69) is 36.3 Å². The molecule has 0 aliphatic heterocycles. The number of ketones is 1. The molecule has 1 aromatic heterocycles. The zero-order chi connectivity index (χ0) is 20.3. The molecule has 152 valence electrons. The Kier molecular flexibility index (Phi) is 4.23. The first kappa shape index (κ1) is 18.7. The van der Waals surface area contributed by atoms with Crippen molar-refractivity contribution in [1.29, 1.82) is 0 Å². The lowest BCUT2D eigenvalue weighted by Gasteiger charge is -2.48. The Morgan fingerprint density at radius 1 is 1.31 bits per heavy atom. The average Bonchev–Trinajstić information content (AvgIpc) is 3.17. The molecule has 2 saturated carbocycles. The molecule has 4 heteroatoms. The lowest BCUT2D eigenvalue weighted by Crippen LogP contribution is -2.42. The molecule has 3 aliphatic carbocycles. The van der Waals surface area contributed by atoms with E-state index in [1.54, 1.807) is 7.11 Å². The van der Waals surface area contributed by atoms with Crippen LogP contribution >= 0.6 is 0 Å². The van der Waals surface area contributed by atoms with Gasteiger partial charge in [0.25, 0.3) is 0 Å². The van der Waals surface area contributed by atoms with E-state index in [-0.39, 0.29) is 5.41 Å². The molecule has 29 heavy (non-hydrogen) atoms. The normalized spacial score (nSPS) is 32.1. The van der Waals surface area contributed by atoms with Gasteiger partial charge in [-0.2, -0.15) is 5.10 Å². The summed E-state index contributed by atoms with van der Waals surface area (Å²) in [7, 11) is 3.67. The summed E-state index contributed by atoms with van der Waals surface area (Å²) < 4.78 is 7.27. The fraction of sp³-hybridized carbons (Fsp3) is 0.520. The van der Waals surface area contributed by atoms with Gasteiger partial charge in [-0.15, -0.1) is 0 Å². The number of hydrogen-bond acceptors (Lipinski definition) is 3. The molecule has 0 radical (unpaired) electrons. The minimum Gasteiger partial charge on any atom is -0.497 e. The summed E-state index contributed by atoms with van der Waals surface area (Å²) in [5.74, 6) is 2.96. The van der Waals surface area contributed by atoms with E-state index in [4.69, 9.17) is 4.74 Å². The highest BCUT2D eigenvalue weighted by atomic mass is 16.5. The van der Waals surface area contributed by atoms with Gasteiger partial charge in [-0.25, -0.2) is 0 Å². The molecule has 0 unspecified atom stereocenters. The molecule has 5 rings (SSSR count). The third kappa shape index (κ3) is 2.79. The number of carbonyl (C=O) groups excluding carboxylic acids is 1. The predicted molar refractivity (Wildman–Crippen MR) is 114 cm³/mol. The molecule has 0 bridgehead atoms. The van der Waals surface area contributed by atoms with Crippen molar-refractivity contribution >= 4 is 11.9 Å². The zero-order valence-corrected chi connectivity index (χ0v) is 17.9. The Hall–Kier alpha value is -2.36. The third-order valence-corrected chi connectivity index (χ3v) is 7.95. The van der Waals surface area contributed by atoms with Crippen molar-refractivity contribution in [3.05, 3.63) is 52.4 Å². The van der Waals surface area contributed by atoms with Crippen molar-refractivity contribution < 1.29 is 9.53 Å². The van der Waals surface area contributed by atoms with Gasteiger partial charge in [-0.1, -0.05) is 13.0 Å². The van der Waals surface area contributed by atoms with Crippen LogP contribution in [0.2, 0.25) is 0 Å². The molecular weight excluding hydrogens is 360 g/mol. The highest BCUT2D eigenvalue weighted by molar-refractivity contribution is 6.06. The van der Waals surface area contributed by atoms with Gasteiger partial charge in [0.2, 0.25) is 0 Å². The number of ether oxygens (including phenoxy) is 1. The van der Waals surface area contributed by atoms with Gasteiger partial charge in [0, 0.05) is 24.2 Å². The molecule has 4 nitrogen and oxygen atoms in total. The van der Waals surface area contributed by atoms with Crippen LogP contribution in [0.1, 0.15) is 60.9 Å². The number of carbonyl (C=O) groups is 1. The predicted octanol–water partition coefficient (Wildman–Crippen LogP) is 4.86. The first-order valence-corrected chi connectivity index (χ1v) is 10.8. The molecule has 0 saturated heterocycles. The number of aromatic nitrogens is 2. The van der Waals surface area contributed by atoms with Crippen LogP contribution < -0.4 is 4.74 Å².